The minimum Gasteiger partial charge on any atom is -0.496 e. The highest BCUT2D eigenvalue weighted by Gasteiger charge is 2.21. The molecular weight excluding hydrogens is 364 g/mol. The number of hydrogen-bond acceptors (Lipinski definition) is 4. The summed E-state index contributed by atoms with van der Waals surface area (Å²) < 4.78 is 7.18. The Bertz CT molecular complexity index is 1150. The van der Waals surface area contributed by atoms with Crippen LogP contribution >= 0.6 is 0 Å². The molecule has 0 aliphatic carbocycles. The molecule has 0 aliphatic rings. The average molecular weight is 384 g/mol. The zero-order valence-electron chi connectivity index (χ0n) is 16.2. The monoisotopic (exact) mass is 384 g/mol. The molecular formula is C23H20N4O2. The summed E-state index contributed by atoms with van der Waals surface area (Å²) in [5.74, 6) is 0.855. The van der Waals surface area contributed by atoms with Crippen LogP contribution in [0, 0.1) is 6.92 Å². The molecule has 144 valence electrons. The molecule has 0 aliphatic heterocycles. The maximum atomic E-state index is 13.1. The number of nitrogens with one attached hydrogen (secondary N) is 1. The van der Waals surface area contributed by atoms with Crippen LogP contribution in [0.3, 0.4) is 0 Å². The second kappa shape index (κ2) is 7.98. The van der Waals surface area contributed by atoms with E-state index in [1.807, 2.05) is 73.7 Å². The third kappa shape index (κ3) is 3.87. The highest BCUT2D eigenvalue weighted by molar-refractivity contribution is 6.08. The molecule has 0 atom stereocenters. The Hall–Kier alpha value is -3.93. The van der Waals surface area contributed by atoms with Gasteiger partial charge in [0.25, 0.3) is 5.91 Å². The van der Waals surface area contributed by atoms with Crippen LogP contribution in [0.1, 0.15) is 15.9 Å². The molecule has 0 saturated carbocycles. The largest absolute Gasteiger partial charge is 0.496 e. The maximum Gasteiger partial charge on any atom is 0.260 e. The van der Waals surface area contributed by atoms with Gasteiger partial charge in [-0.3, -0.25) is 4.79 Å². The van der Waals surface area contributed by atoms with Gasteiger partial charge in [0.2, 0.25) is 0 Å². The predicted octanol–water partition coefficient (Wildman–Crippen LogP) is 4.50. The number of ether oxygens (including phenoxy) is 1. The van der Waals surface area contributed by atoms with Gasteiger partial charge in [-0.25, -0.2) is 9.67 Å². The molecule has 4 rings (SSSR count). The van der Waals surface area contributed by atoms with Crippen molar-refractivity contribution in [3.05, 3.63) is 90.3 Å². The van der Waals surface area contributed by atoms with Crippen LogP contribution in [0.5, 0.6) is 5.75 Å². The van der Waals surface area contributed by atoms with Gasteiger partial charge in [0.15, 0.2) is 0 Å². The summed E-state index contributed by atoms with van der Waals surface area (Å²) in [7, 11) is 1.60. The molecule has 2 aromatic carbocycles. The number of carbonyl (C=O) groups excluding carboxylic acids is 1. The van der Waals surface area contributed by atoms with Gasteiger partial charge in [-0.2, -0.15) is 5.10 Å². The van der Waals surface area contributed by atoms with Crippen LogP contribution < -0.4 is 10.1 Å². The van der Waals surface area contributed by atoms with Crippen LogP contribution in [0.25, 0.3) is 16.9 Å². The SMILES string of the molecule is COc1ccccc1-c1nn(-c2ccccc2)cc1C(=O)Nc1cc(C)ccn1. The summed E-state index contributed by atoms with van der Waals surface area (Å²) in [5, 5.41) is 7.56. The average Bonchev–Trinajstić information content (AvgIpc) is 3.20. The molecule has 1 amide bonds. The van der Waals surface area contributed by atoms with Crippen LogP contribution in [0.2, 0.25) is 0 Å². The molecule has 0 saturated heterocycles. The first kappa shape index (κ1) is 18.4. The standard InChI is InChI=1S/C23H20N4O2/c1-16-12-13-24-21(14-16)25-23(28)19-15-27(17-8-4-3-5-9-17)26-22(19)18-10-6-7-11-20(18)29-2/h3-15H,1-2H3,(H,24,25,28). The lowest BCUT2D eigenvalue weighted by Crippen LogP contribution is -2.13. The Kier molecular flexibility index (Phi) is 5.07. The number of anilines is 1. The summed E-state index contributed by atoms with van der Waals surface area (Å²) >= 11 is 0. The number of carbonyl (C=O) groups is 1. The smallest absolute Gasteiger partial charge is 0.260 e. The van der Waals surface area contributed by atoms with Gasteiger partial charge in [0.1, 0.15) is 17.3 Å². The second-order valence-corrected chi connectivity index (χ2v) is 6.54. The van der Waals surface area contributed by atoms with E-state index in [2.05, 4.69) is 10.3 Å². The molecule has 1 N–H and O–H groups in total. The van der Waals surface area contributed by atoms with Crippen molar-refractivity contribution in [1.29, 1.82) is 0 Å². The van der Waals surface area contributed by atoms with Gasteiger partial charge in [-0.15, -0.1) is 0 Å². The highest BCUT2D eigenvalue weighted by atomic mass is 16.5. The highest BCUT2D eigenvalue weighted by Crippen LogP contribution is 2.32. The molecule has 0 fully saturated rings. The van der Waals surface area contributed by atoms with Crippen molar-refractivity contribution in [2.24, 2.45) is 0 Å². The number of methoxy groups -OCH3 is 1. The van der Waals surface area contributed by atoms with Crippen molar-refractivity contribution in [1.82, 2.24) is 14.8 Å². The van der Waals surface area contributed by atoms with E-state index in [1.54, 1.807) is 24.2 Å². The summed E-state index contributed by atoms with van der Waals surface area (Å²) in [4.78, 5) is 17.3. The third-order valence-corrected chi connectivity index (χ3v) is 4.50. The molecule has 6 nitrogen and oxygen atoms in total. The maximum absolute atomic E-state index is 13.1. The predicted molar refractivity (Wildman–Crippen MR) is 112 cm³/mol. The van der Waals surface area contributed by atoms with Crippen molar-refractivity contribution in [3.8, 4) is 22.7 Å². The van der Waals surface area contributed by atoms with Gasteiger partial charge in [0.05, 0.1) is 18.4 Å². The van der Waals surface area contributed by atoms with E-state index >= 15 is 0 Å². The van der Waals surface area contributed by atoms with Crippen molar-refractivity contribution >= 4 is 11.7 Å². The van der Waals surface area contributed by atoms with Crippen molar-refractivity contribution < 1.29 is 9.53 Å². The fourth-order valence-corrected chi connectivity index (χ4v) is 3.08. The van der Waals surface area contributed by atoms with E-state index in [-0.39, 0.29) is 5.91 Å². The Morgan fingerprint density at radius 1 is 1.03 bits per heavy atom. The lowest BCUT2D eigenvalue weighted by molar-refractivity contribution is 0.102. The molecule has 4 aromatic rings. The summed E-state index contributed by atoms with van der Waals surface area (Å²) in [5.41, 5.74) is 3.58. The van der Waals surface area contributed by atoms with Gasteiger partial charge in [-0.05, 0) is 48.9 Å². The first-order valence-corrected chi connectivity index (χ1v) is 9.18. The Morgan fingerprint density at radius 2 is 1.79 bits per heavy atom. The van der Waals surface area contributed by atoms with E-state index in [0.717, 1.165) is 16.8 Å². The molecule has 0 bridgehead atoms. The molecule has 0 unspecified atom stereocenters. The van der Waals surface area contributed by atoms with Gasteiger partial charge in [0, 0.05) is 18.0 Å². The van der Waals surface area contributed by atoms with Gasteiger partial charge in [-0.1, -0.05) is 30.3 Å². The molecule has 2 heterocycles. The van der Waals surface area contributed by atoms with Crippen LogP contribution in [0.15, 0.2) is 79.1 Å². The topological polar surface area (TPSA) is 69.0 Å². The Balaban J connectivity index is 1.81. The van der Waals surface area contributed by atoms with Gasteiger partial charge >= 0.3 is 0 Å². The number of rotatable bonds is 5. The quantitative estimate of drug-likeness (QED) is 0.550. The van der Waals surface area contributed by atoms with E-state index < -0.39 is 0 Å². The fourth-order valence-electron chi connectivity index (χ4n) is 3.08. The Labute approximate surface area is 168 Å². The second-order valence-electron chi connectivity index (χ2n) is 6.54. The molecule has 6 heteroatoms. The number of para-hydroxylation sites is 2. The summed E-state index contributed by atoms with van der Waals surface area (Å²) in [6, 6.07) is 20.9. The van der Waals surface area contributed by atoms with E-state index in [0.29, 0.717) is 22.8 Å². The first-order chi connectivity index (χ1) is 14.2. The summed E-state index contributed by atoms with van der Waals surface area (Å²) in [6.07, 6.45) is 3.39. The minimum atomic E-state index is -0.286. The molecule has 0 radical (unpaired) electrons. The van der Waals surface area contributed by atoms with Crippen LogP contribution in [0.4, 0.5) is 5.82 Å². The number of aryl methyl sites for hydroxylation is 1. The molecule has 2 aromatic heterocycles. The number of aromatic nitrogens is 3. The van der Waals surface area contributed by atoms with E-state index in [1.165, 1.54) is 0 Å². The normalized spacial score (nSPS) is 10.6. The minimum absolute atomic E-state index is 0.286. The molecule has 0 spiro atoms. The number of benzene rings is 2. The van der Waals surface area contributed by atoms with Crippen LogP contribution in [-0.4, -0.2) is 27.8 Å². The van der Waals surface area contributed by atoms with Gasteiger partial charge < -0.3 is 10.1 Å². The zero-order chi connectivity index (χ0) is 20.2. The van der Waals surface area contributed by atoms with E-state index in [4.69, 9.17) is 9.84 Å². The molecule has 29 heavy (non-hydrogen) atoms. The van der Waals surface area contributed by atoms with E-state index in [9.17, 15) is 4.79 Å². The van der Waals surface area contributed by atoms with Crippen molar-refractivity contribution in [2.75, 3.05) is 12.4 Å². The number of nitrogens with zero attached hydrogens (tertiary/aromatic N) is 3. The Morgan fingerprint density at radius 3 is 2.55 bits per heavy atom. The number of amides is 1. The van der Waals surface area contributed by atoms with Crippen LogP contribution in [-0.2, 0) is 0 Å². The first-order valence-electron chi connectivity index (χ1n) is 9.18. The number of hydrogen-bond donors (Lipinski definition) is 1. The number of pyridine rings is 1. The van der Waals surface area contributed by atoms with Crippen molar-refractivity contribution in [2.45, 2.75) is 6.92 Å². The lowest BCUT2D eigenvalue weighted by Gasteiger charge is -2.08. The summed E-state index contributed by atoms with van der Waals surface area (Å²) in [6.45, 7) is 1.95. The fraction of sp³-hybridized carbons (Fsp3) is 0.0870. The lowest BCUT2D eigenvalue weighted by atomic mass is 10.1. The third-order valence-electron chi connectivity index (χ3n) is 4.50. The zero-order valence-corrected chi connectivity index (χ0v) is 16.2. The van der Waals surface area contributed by atoms with Crippen molar-refractivity contribution in [3.63, 3.8) is 0 Å².